The topological polar surface area (TPSA) is 293 Å². The summed E-state index contributed by atoms with van der Waals surface area (Å²) in [5, 5.41) is 6.48. The van der Waals surface area contributed by atoms with E-state index in [1.54, 1.807) is 33.8 Å². The van der Waals surface area contributed by atoms with Crippen LogP contribution in [-0.2, 0) is 98.7 Å². The Hall–Kier alpha value is -9.55. The largest absolute Gasteiger partial charge is 0.459 e. The zero-order valence-corrected chi connectivity index (χ0v) is 55.8. The van der Waals surface area contributed by atoms with Gasteiger partial charge in [-0.1, -0.05) is 81.3 Å². The number of carbonyl (C=O) groups excluding carboxylic acids is 7. The first-order valence-electron chi connectivity index (χ1n) is 31.9. The molecule has 11 rings (SSSR count). The first kappa shape index (κ1) is 68.8. The summed E-state index contributed by atoms with van der Waals surface area (Å²) in [6, 6.07) is 22.5. The number of nitrogens with one attached hydrogen (secondary N) is 2. The van der Waals surface area contributed by atoms with E-state index in [9.17, 15) is 42.0 Å². The molecule has 2 aromatic heterocycles. The fourth-order valence-electron chi connectivity index (χ4n) is 13.7. The van der Waals surface area contributed by atoms with E-state index in [1.807, 2.05) is 48.5 Å². The molecule has 2 aliphatic carbocycles. The van der Waals surface area contributed by atoms with Crippen molar-refractivity contribution >= 4 is 68.2 Å². The number of sulfone groups is 1. The van der Waals surface area contributed by atoms with Gasteiger partial charge >= 0.3 is 24.1 Å². The summed E-state index contributed by atoms with van der Waals surface area (Å²) in [7, 11) is -2.37. The van der Waals surface area contributed by atoms with E-state index in [0.29, 0.717) is 46.2 Å². The summed E-state index contributed by atoms with van der Waals surface area (Å²) in [6.45, 7) is 6.69. The zero-order valence-electron chi connectivity index (χ0n) is 54.9. The predicted octanol–water partition coefficient (Wildman–Crippen LogP) is 8.05. The molecular weight excluding hydrogens is 1280 g/mol. The lowest BCUT2D eigenvalue weighted by Gasteiger charge is -2.42. The highest BCUT2D eigenvalue weighted by Gasteiger charge is 2.50. The van der Waals surface area contributed by atoms with Crippen molar-refractivity contribution in [3.8, 4) is 40.6 Å². The van der Waals surface area contributed by atoms with E-state index in [0.717, 1.165) is 38.3 Å². The molecule has 3 aliphatic heterocycles. The lowest BCUT2D eigenvalue weighted by atomic mass is 9.81. The van der Waals surface area contributed by atoms with Crippen LogP contribution < -0.4 is 20.9 Å². The minimum atomic E-state index is -3.78. The lowest BCUT2D eigenvalue weighted by Crippen LogP contribution is -2.55. The highest BCUT2D eigenvalue weighted by atomic mass is 32.2. The van der Waals surface area contributed by atoms with E-state index >= 15 is 9.18 Å². The summed E-state index contributed by atoms with van der Waals surface area (Å²) < 4.78 is 90.4. The van der Waals surface area contributed by atoms with Gasteiger partial charge in [0.2, 0.25) is 18.1 Å². The number of terminal acetylenes is 1. The van der Waals surface area contributed by atoms with Gasteiger partial charge in [-0.25, -0.2) is 32.2 Å². The van der Waals surface area contributed by atoms with Crippen molar-refractivity contribution < 1.29 is 84.3 Å². The number of likely N-dealkylation sites (N-methyl/N-ethyl adjacent to an activating group) is 1. The standard InChI is InChI=1S/C71H75FN6O18S/c1-10-26-89-27-24-60(82)76(8)33-59(81)73-55-29-43(20-23-58(55)95-67-65(94-42(7)80)39(4)38(3)64(96-67)41(6)79)34-92-70(86)77(25-28-97(9,87)88)37-93-71(11-2)52-30-57-63-49(32-78(57)66(83)51(52)36-90-68(71)84)62-54(22-21-44-40(5)53(72)31-56(74-63)61(44)62)75-69(85)91-35-50-47-18-14-12-16-45(47)46-17-13-15-19-48(46)50/h1,12-20,23,29-31,38-39,50,54,64-65,67H,11,21-22,24-28,32-37H2,2-9H3,(H,73,81)(H,75,85)/t38-,39-,54-,64?,65?,67+,71-/m0/s1. The second-order valence-corrected chi connectivity index (χ2v) is 27.4. The highest BCUT2D eigenvalue weighted by Crippen LogP contribution is 2.48. The normalized spacial score (nSPS) is 20.4. The molecule has 1 saturated heterocycles. The Morgan fingerprint density at radius 3 is 2.34 bits per heavy atom. The van der Waals surface area contributed by atoms with Gasteiger partial charge in [0.15, 0.2) is 17.5 Å². The van der Waals surface area contributed by atoms with Crippen molar-refractivity contribution in [2.24, 2.45) is 11.8 Å². The number of aromatic nitrogens is 2. The molecule has 0 radical (unpaired) electrons. The van der Waals surface area contributed by atoms with Gasteiger partial charge in [0.05, 0.1) is 66.1 Å². The van der Waals surface area contributed by atoms with Gasteiger partial charge in [0.25, 0.3) is 5.56 Å². The number of hydrogen-bond acceptors (Lipinski definition) is 19. The van der Waals surface area contributed by atoms with E-state index < -0.39 is 138 Å². The van der Waals surface area contributed by atoms with Crippen LogP contribution in [0.3, 0.4) is 0 Å². The average molecular weight is 1350 g/mol. The summed E-state index contributed by atoms with van der Waals surface area (Å²) in [4.78, 5) is 117. The van der Waals surface area contributed by atoms with Gasteiger partial charge in [0, 0.05) is 61.2 Å². The van der Waals surface area contributed by atoms with Gasteiger partial charge in [0.1, 0.15) is 60.7 Å². The monoisotopic (exact) mass is 1350 g/mol. The average Bonchev–Trinajstić information content (AvgIpc) is 1.61. The van der Waals surface area contributed by atoms with Crippen molar-refractivity contribution in [2.45, 2.75) is 123 Å². The Balaban J connectivity index is 0.861. The van der Waals surface area contributed by atoms with Gasteiger partial charge in [-0.2, -0.15) is 0 Å². The number of benzene rings is 4. The molecule has 0 saturated carbocycles. The number of esters is 2. The number of anilines is 1. The third-order valence-corrected chi connectivity index (χ3v) is 19.8. The number of ether oxygens (including phenoxy) is 8. The number of carbonyl (C=O) groups is 7. The van der Waals surface area contributed by atoms with Crippen molar-refractivity contribution in [1.82, 2.24) is 24.7 Å². The molecule has 4 amide bonds. The third-order valence-electron chi connectivity index (χ3n) is 18.9. The van der Waals surface area contributed by atoms with E-state index in [-0.39, 0.29) is 90.2 Å². The van der Waals surface area contributed by atoms with E-state index in [2.05, 4.69) is 16.6 Å². The number of alkyl carbamates (subject to hydrolysis) is 1. The van der Waals surface area contributed by atoms with Crippen molar-refractivity contribution in [3.05, 3.63) is 145 Å². The van der Waals surface area contributed by atoms with Crippen LogP contribution in [-0.4, -0.2) is 147 Å². The number of cyclic esters (lactones) is 1. The first-order valence-corrected chi connectivity index (χ1v) is 34.0. The Labute approximate surface area is 559 Å². The summed E-state index contributed by atoms with van der Waals surface area (Å²) >= 11 is 0. The SMILES string of the molecule is C#CCOCCC(=O)N(C)CC(=O)Nc1cc(COC(=O)N(CCS(C)(=O)=O)CO[C@]2(CC)C(=O)OCc3c2cc2n(c3=O)Cc3c-2nc2cc(F)c(C)c4c2c3[C@@H](NC(=O)OCC2c3ccccc3-c3ccccc32)CC4)ccc1O[C@@H]1OC(C(C)=O)[C@@H](C)[C@H](C)C1OC(C)=O. The number of halogens is 1. The molecule has 2 N–H and O–H groups in total. The maximum absolute atomic E-state index is 16.0. The molecule has 4 aromatic carbocycles. The smallest absolute Gasteiger partial charge is 0.411 e. The molecule has 1 fully saturated rings. The minimum Gasteiger partial charge on any atom is -0.459 e. The van der Waals surface area contributed by atoms with Crippen molar-refractivity contribution in [2.75, 3.05) is 64.0 Å². The fourth-order valence-corrected chi connectivity index (χ4v) is 14.2. The molecule has 7 atom stereocenters. The van der Waals surface area contributed by atoms with Gasteiger partial charge in [-0.3, -0.25) is 28.9 Å². The van der Waals surface area contributed by atoms with Crippen molar-refractivity contribution in [3.63, 3.8) is 0 Å². The Kier molecular flexibility index (Phi) is 20.1. The van der Waals surface area contributed by atoms with Gasteiger partial charge in [-0.05, 0) is 102 Å². The Bertz CT molecular complexity index is 4370. The fraction of sp³-hybridized carbons (Fsp3) is 0.423. The number of hydrogen-bond donors (Lipinski definition) is 2. The molecule has 5 aliphatic rings. The van der Waals surface area contributed by atoms with E-state index in [1.165, 1.54) is 49.7 Å². The maximum Gasteiger partial charge on any atom is 0.411 e. The van der Waals surface area contributed by atoms with Gasteiger partial charge < -0.3 is 58.0 Å². The maximum atomic E-state index is 16.0. The number of rotatable bonds is 23. The Morgan fingerprint density at radius 1 is 0.938 bits per heavy atom. The van der Waals surface area contributed by atoms with Crippen LogP contribution in [0.4, 0.5) is 19.7 Å². The Morgan fingerprint density at radius 2 is 1.66 bits per heavy atom. The number of amides is 4. The van der Waals surface area contributed by atoms with Crippen LogP contribution >= 0.6 is 0 Å². The molecule has 26 heteroatoms. The molecule has 6 aromatic rings. The van der Waals surface area contributed by atoms with Crippen LogP contribution in [0.1, 0.15) is 116 Å². The number of fused-ring (bicyclic) bond motifs is 8. The van der Waals surface area contributed by atoms with E-state index in [4.69, 9.17) is 49.3 Å². The number of Topliss-reactive ketones (excluding diaryl/α,β-unsaturated/α-hetero) is 1. The summed E-state index contributed by atoms with van der Waals surface area (Å²) in [5.41, 5.74) is 5.10. The zero-order chi connectivity index (χ0) is 69.4. The van der Waals surface area contributed by atoms with Crippen LogP contribution in [0, 0.1) is 36.9 Å². The van der Waals surface area contributed by atoms with Crippen molar-refractivity contribution in [1.29, 1.82) is 0 Å². The molecule has 97 heavy (non-hydrogen) atoms. The second kappa shape index (κ2) is 28.3. The predicted molar refractivity (Wildman–Crippen MR) is 350 cm³/mol. The number of nitrogens with zero attached hydrogens (tertiary/aromatic N) is 4. The van der Waals surface area contributed by atoms with Crippen LogP contribution in [0.15, 0.2) is 83.7 Å². The number of pyridine rings is 2. The summed E-state index contributed by atoms with van der Waals surface area (Å²) in [5.74, 6) is -2.90. The first-order chi connectivity index (χ1) is 46.3. The molecule has 2 unspecified atom stereocenters. The van der Waals surface area contributed by atoms with Crippen LogP contribution in [0.5, 0.6) is 5.75 Å². The molecule has 0 spiro atoms. The molecule has 24 nitrogen and oxygen atoms in total. The molecule has 0 bridgehead atoms. The third kappa shape index (κ3) is 13.9. The highest BCUT2D eigenvalue weighted by molar-refractivity contribution is 7.90. The van der Waals surface area contributed by atoms with Gasteiger partial charge in [-0.15, -0.1) is 6.42 Å². The summed E-state index contributed by atoms with van der Waals surface area (Å²) in [6.07, 6.45) is 1.56. The number of ketones is 1. The van der Waals surface area contributed by atoms with Crippen LogP contribution in [0.2, 0.25) is 0 Å². The lowest BCUT2D eigenvalue weighted by molar-refractivity contribution is -0.241. The number of aryl methyl sites for hydroxylation is 1. The minimum absolute atomic E-state index is 0.00654. The molecular formula is C71H75FN6O18S. The quantitative estimate of drug-likeness (QED) is 0.0201. The van der Waals surface area contributed by atoms with Crippen LogP contribution in [0.25, 0.3) is 33.4 Å². The second-order valence-electron chi connectivity index (χ2n) is 25.1. The molecule has 510 valence electrons. The molecule has 5 heterocycles.